The summed E-state index contributed by atoms with van der Waals surface area (Å²) in [4.78, 5) is 4.89. The van der Waals surface area contributed by atoms with E-state index in [1.54, 1.807) is 0 Å². The van der Waals surface area contributed by atoms with Gasteiger partial charge in [0.2, 0.25) is 0 Å². The fourth-order valence-electron chi connectivity index (χ4n) is 2.39. The van der Waals surface area contributed by atoms with Crippen LogP contribution in [0.2, 0.25) is 0 Å². The van der Waals surface area contributed by atoms with Crippen LogP contribution in [-0.4, -0.2) is 71.4 Å². The molecule has 0 aliphatic carbocycles. The smallest absolute Gasteiger partial charge is 0.0791 e. The van der Waals surface area contributed by atoms with Crippen LogP contribution in [0.5, 0.6) is 0 Å². The highest BCUT2D eigenvalue weighted by Gasteiger charge is 2.26. The molecule has 19 heavy (non-hydrogen) atoms. The maximum Gasteiger partial charge on any atom is 0.0791 e. The van der Waals surface area contributed by atoms with E-state index >= 15 is 0 Å². The van der Waals surface area contributed by atoms with E-state index in [4.69, 9.17) is 0 Å². The lowest BCUT2D eigenvalue weighted by Crippen LogP contribution is -2.55. The average molecular weight is 271 g/mol. The number of aliphatic hydroxyl groups is 1. The molecule has 1 rings (SSSR count). The second-order valence-electron chi connectivity index (χ2n) is 7.74. The number of hydrogen-bond acceptors (Lipinski definition) is 4. The van der Waals surface area contributed by atoms with E-state index < -0.39 is 0 Å². The fourth-order valence-corrected chi connectivity index (χ4v) is 2.39. The van der Waals surface area contributed by atoms with Gasteiger partial charge < -0.3 is 10.4 Å². The molecule has 0 spiro atoms. The highest BCUT2D eigenvalue weighted by molar-refractivity contribution is 4.83. The SMILES string of the molecule is CC(C)(C)NCC(O)CN1CCN(C(C)(C)C)CC1. The predicted octanol–water partition coefficient (Wildman–Crippen LogP) is 1.15. The highest BCUT2D eigenvalue weighted by atomic mass is 16.3. The summed E-state index contributed by atoms with van der Waals surface area (Å²) in [5.41, 5.74) is 0.338. The van der Waals surface area contributed by atoms with Crippen molar-refractivity contribution in [3.63, 3.8) is 0 Å². The number of β-amino-alcohol motifs (C(OH)–C–C–N with tert-alkyl or cyclic N) is 1. The Morgan fingerprint density at radius 1 is 1.00 bits per heavy atom. The molecule has 0 amide bonds. The van der Waals surface area contributed by atoms with Crippen LogP contribution in [0.1, 0.15) is 41.5 Å². The minimum atomic E-state index is -0.277. The molecule has 1 aliphatic rings. The summed E-state index contributed by atoms with van der Waals surface area (Å²) in [6.45, 7) is 19.0. The minimum absolute atomic E-state index is 0.0753. The summed E-state index contributed by atoms with van der Waals surface area (Å²) < 4.78 is 0. The molecule has 2 N–H and O–H groups in total. The second kappa shape index (κ2) is 6.53. The van der Waals surface area contributed by atoms with Gasteiger partial charge in [-0.05, 0) is 41.5 Å². The Morgan fingerprint density at radius 3 is 1.95 bits per heavy atom. The van der Waals surface area contributed by atoms with E-state index in [1.165, 1.54) is 0 Å². The Kier molecular flexibility index (Phi) is 5.80. The van der Waals surface area contributed by atoms with Gasteiger partial charge in [0, 0.05) is 50.3 Å². The lowest BCUT2D eigenvalue weighted by atomic mass is 10.0. The highest BCUT2D eigenvalue weighted by Crippen LogP contribution is 2.15. The van der Waals surface area contributed by atoms with Gasteiger partial charge in [-0.1, -0.05) is 0 Å². The van der Waals surface area contributed by atoms with Gasteiger partial charge in [0.25, 0.3) is 0 Å². The van der Waals surface area contributed by atoms with E-state index in [9.17, 15) is 5.11 Å². The largest absolute Gasteiger partial charge is 0.390 e. The quantitative estimate of drug-likeness (QED) is 0.804. The Hall–Kier alpha value is -0.160. The number of nitrogens with zero attached hydrogens (tertiary/aromatic N) is 2. The van der Waals surface area contributed by atoms with Crippen LogP contribution in [0.15, 0.2) is 0 Å². The Balaban J connectivity index is 2.25. The van der Waals surface area contributed by atoms with Crippen molar-refractivity contribution in [3.05, 3.63) is 0 Å². The lowest BCUT2D eigenvalue weighted by Gasteiger charge is -2.42. The van der Waals surface area contributed by atoms with Crippen LogP contribution in [0, 0.1) is 0 Å². The average Bonchev–Trinajstić information content (AvgIpc) is 2.25. The van der Waals surface area contributed by atoms with Gasteiger partial charge in [-0.15, -0.1) is 0 Å². The number of nitrogens with one attached hydrogen (secondary N) is 1. The number of hydrogen-bond donors (Lipinski definition) is 2. The molecule has 1 unspecified atom stereocenters. The van der Waals surface area contributed by atoms with Gasteiger partial charge in [-0.25, -0.2) is 0 Å². The summed E-state index contributed by atoms with van der Waals surface area (Å²) in [6, 6.07) is 0. The van der Waals surface area contributed by atoms with Crippen molar-refractivity contribution in [2.75, 3.05) is 39.3 Å². The van der Waals surface area contributed by atoms with Gasteiger partial charge in [0.05, 0.1) is 6.10 Å². The Bertz CT molecular complexity index is 260. The second-order valence-corrected chi connectivity index (χ2v) is 7.74. The summed E-state index contributed by atoms with van der Waals surface area (Å²) in [7, 11) is 0. The molecular weight excluding hydrogens is 238 g/mol. The molecular formula is C15H33N3O. The van der Waals surface area contributed by atoms with Crippen molar-refractivity contribution in [2.45, 2.75) is 58.7 Å². The van der Waals surface area contributed by atoms with Crippen molar-refractivity contribution in [3.8, 4) is 0 Å². The first-order chi connectivity index (χ1) is 8.58. The third-order valence-corrected chi connectivity index (χ3v) is 3.66. The first-order valence-corrected chi connectivity index (χ1v) is 7.48. The molecule has 4 nitrogen and oxygen atoms in total. The topological polar surface area (TPSA) is 38.7 Å². The third kappa shape index (κ3) is 6.70. The van der Waals surface area contributed by atoms with Crippen molar-refractivity contribution in [1.82, 2.24) is 15.1 Å². The van der Waals surface area contributed by atoms with E-state index in [0.29, 0.717) is 6.54 Å². The molecule has 1 aliphatic heterocycles. The van der Waals surface area contributed by atoms with Gasteiger partial charge >= 0.3 is 0 Å². The van der Waals surface area contributed by atoms with Gasteiger partial charge in [0.15, 0.2) is 0 Å². The molecule has 114 valence electrons. The van der Waals surface area contributed by atoms with E-state index in [-0.39, 0.29) is 17.2 Å². The molecule has 0 aromatic carbocycles. The molecule has 0 aromatic rings. The molecule has 0 bridgehead atoms. The van der Waals surface area contributed by atoms with Gasteiger partial charge in [0.1, 0.15) is 0 Å². The van der Waals surface area contributed by atoms with E-state index in [1.807, 2.05) is 0 Å². The number of aliphatic hydroxyl groups excluding tert-OH is 1. The standard InChI is InChI=1S/C15H33N3O/c1-14(2,3)16-11-13(19)12-17-7-9-18(10-8-17)15(4,5)6/h13,16,19H,7-12H2,1-6H3. The number of rotatable bonds is 4. The molecule has 0 radical (unpaired) electrons. The molecule has 1 saturated heterocycles. The molecule has 1 fully saturated rings. The van der Waals surface area contributed by atoms with Crippen LogP contribution in [0.4, 0.5) is 0 Å². The lowest BCUT2D eigenvalue weighted by molar-refractivity contribution is 0.0353. The van der Waals surface area contributed by atoms with Gasteiger partial charge in [-0.2, -0.15) is 0 Å². The third-order valence-electron chi connectivity index (χ3n) is 3.66. The van der Waals surface area contributed by atoms with E-state index in [0.717, 1.165) is 32.7 Å². The molecule has 0 aromatic heterocycles. The maximum absolute atomic E-state index is 10.1. The first-order valence-electron chi connectivity index (χ1n) is 7.48. The minimum Gasteiger partial charge on any atom is -0.390 e. The summed E-state index contributed by atoms with van der Waals surface area (Å²) >= 11 is 0. The molecule has 4 heteroatoms. The van der Waals surface area contributed by atoms with Crippen molar-refractivity contribution in [2.24, 2.45) is 0 Å². The van der Waals surface area contributed by atoms with Crippen molar-refractivity contribution < 1.29 is 5.11 Å². The summed E-state index contributed by atoms with van der Waals surface area (Å²) in [5.74, 6) is 0. The monoisotopic (exact) mass is 271 g/mol. The van der Waals surface area contributed by atoms with Crippen molar-refractivity contribution in [1.29, 1.82) is 0 Å². The Labute approximate surface area is 119 Å². The predicted molar refractivity (Wildman–Crippen MR) is 81.5 cm³/mol. The molecule has 0 saturated carbocycles. The zero-order valence-corrected chi connectivity index (χ0v) is 13.7. The maximum atomic E-state index is 10.1. The fraction of sp³-hybridized carbons (Fsp3) is 1.00. The van der Waals surface area contributed by atoms with Crippen LogP contribution >= 0.6 is 0 Å². The summed E-state index contributed by atoms with van der Waals surface area (Å²) in [6.07, 6.45) is -0.277. The van der Waals surface area contributed by atoms with Gasteiger partial charge in [-0.3, -0.25) is 9.80 Å². The molecule has 1 atom stereocenters. The van der Waals surface area contributed by atoms with Crippen molar-refractivity contribution >= 4 is 0 Å². The summed E-state index contributed by atoms with van der Waals surface area (Å²) in [5, 5.41) is 13.4. The first kappa shape index (κ1) is 16.9. The van der Waals surface area contributed by atoms with E-state index in [2.05, 4.69) is 56.7 Å². The van der Waals surface area contributed by atoms with Crippen LogP contribution in [0.25, 0.3) is 0 Å². The Morgan fingerprint density at radius 2 is 1.53 bits per heavy atom. The molecule has 1 heterocycles. The normalized spacial score (nSPS) is 21.6. The number of piperazine rings is 1. The van der Waals surface area contributed by atoms with Crippen LogP contribution in [-0.2, 0) is 0 Å². The van der Waals surface area contributed by atoms with Crippen LogP contribution < -0.4 is 5.32 Å². The zero-order valence-electron chi connectivity index (χ0n) is 13.7. The zero-order chi connectivity index (χ0) is 14.7. The van der Waals surface area contributed by atoms with Crippen LogP contribution in [0.3, 0.4) is 0 Å².